The third-order valence-electron chi connectivity index (χ3n) is 5.38. The highest BCUT2D eigenvalue weighted by Crippen LogP contribution is 2.42. The number of rotatable bonds is 3. The maximum Gasteiger partial charge on any atom is 0.414 e. The number of carbonyl (C=O) groups is 2. The van der Waals surface area contributed by atoms with Gasteiger partial charge in [0.1, 0.15) is 5.60 Å². The number of hydrogen-bond donors (Lipinski definition) is 1. The summed E-state index contributed by atoms with van der Waals surface area (Å²) in [5.41, 5.74) is 7.68. The van der Waals surface area contributed by atoms with Gasteiger partial charge in [-0.2, -0.15) is 0 Å². The zero-order chi connectivity index (χ0) is 23.0. The number of benzene rings is 4. The molecule has 4 aromatic rings. The summed E-state index contributed by atoms with van der Waals surface area (Å²) in [6, 6.07) is 23.2. The molecule has 2 amide bonds. The molecule has 0 bridgehead atoms. The number of fused-ring (bicyclic) bond motifs is 2. The summed E-state index contributed by atoms with van der Waals surface area (Å²) in [5.74, 6) is -0.524. The Morgan fingerprint density at radius 1 is 0.781 bits per heavy atom. The topological polar surface area (TPSA) is 72.6 Å². The predicted molar refractivity (Wildman–Crippen MR) is 130 cm³/mol. The first kappa shape index (κ1) is 21.4. The van der Waals surface area contributed by atoms with Crippen LogP contribution in [-0.4, -0.2) is 24.6 Å². The van der Waals surface area contributed by atoms with Crippen molar-refractivity contribution >= 4 is 39.2 Å². The number of primary amides is 1. The normalized spacial score (nSPS) is 11.5. The molecular formula is C27H26N2O3. The van der Waals surface area contributed by atoms with E-state index in [1.54, 1.807) is 13.1 Å². The summed E-state index contributed by atoms with van der Waals surface area (Å²) in [6.07, 6.45) is -0.477. The van der Waals surface area contributed by atoms with Crippen LogP contribution in [0.2, 0.25) is 0 Å². The molecule has 0 fully saturated rings. The number of ether oxygens (including phenoxy) is 1. The second-order valence-corrected chi connectivity index (χ2v) is 8.79. The van der Waals surface area contributed by atoms with Crippen molar-refractivity contribution in [2.75, 3.05) is 11.9 Å². The van der Waals surface area contributed by atoms with Gasteiger partial charge >= 0.3 is 6.09 Å². The van der Waals surface area contributed by atoms with Gasteiger partial charge in [-0.15, -0.1) is 0 Å². The number of carbonyl (C=O) groups excluding carboxylic acids is 2. The zero-order valence-electron chi connectivity index (χ0n) is 18.7. The van der Waals surface area contributed by atoms with Crippen molar-refractivity contribution in [1.82, 2.24) is 0 Å². The second-order valence-electron chi connectivity index (χ2n) is 8.79. The Morgan fingerprint density at radius 2 is 1.31 bits per heavy atom. The first-order valence-electron chi connectivity index (χ1n) is 10.5. The van der Waals surface area contributed by atoms with Gasteiger partial charge in [-0.05, 0) is 54.4 Å². The lowest BCUT2D eigenvalue weighted by Gasteiger charge is -2.27. The minimum Gasteiger partial charge on any atom is -0.443 e. The minimum absolute atomic E-state index is 0.402. The van der Waals surface area contributed by atoms with Crippen LogP contribution in [0.5, 0.6) is 0 Å². The van der Waals surface area contributed by atoms with Crippen LogP contribution in [-0.2, 0) is 4.74 Å². The van der Waals surface area contributed by atoms with Crippen LogP contribution in [0.25, 0.3) is 32.7 Å². The largest absolute Gasteiger partial charge is 0.443 e. The molecule has 0 radical (unpaired) electrons. The van der Waals surface area contributed by atoms with Crippen molar-refractivity contribution in [2.45, 2.75) is 26.4 Å². The summed E-state index contributed by atoms with van der Waals surface area (Å²) in [6.45, 7) is 5.49. The van der Waals surface area contributed by atoms with Gasteiger partial charge in [0, 0.05) is 23.7 Å². The number of nitrogens with two attached hydrogens (primary N) is 1. The number of nitrogens with zero attached hydrogens (tertiary/aromatic N) is 1. The van der Waals surface area contributed by atoms with Crippen LogP contribution in [0, 0.1) is 0 Å². The molecule has 0 heterocycles. The van der Waals surface area contributed by atoms with Gasteiger partial charge in [0.05, 0.1) is 5.69 Å². The number of hydrogen-bond acceptors (Lipinski definition) is 3. The average molecular weight is 427 g/mol. The van der Waals surface area contributed by atoms with E-state index in [0.29, 0.717) is 16.8 Å². The first-order chi connectivity index (χ1) is 15.2. The highest BCUT2D eigenvalue weighted by atomic mass is 16.6. The van der Waals surface area contributed by atoms with Gasteiger partial charge in [0.15, 0.2) is 0 Å². The van der Waals surface area contributed by atoms with Crippen LogP contribution in [0.3, 0.4) is 0 Å². The van der Waals surface area contributed by atoms with Crippen LogP contribution < -0.4 is 10.6 Å². The molecule has 32 heavy (non-hydrogen) atoms. The molecule has 5 heteroatoms. The SMILES string of the molecule is CN(C(=O)OC(C)(C)C)c1ccc2ccccc2c1-c1c(C(N)=O)ccc2ccccc12. The van der Waals surface area contributed by atoms with Crippen molar-refractivity contribution in [3.05, 3.63) is 78.4 Å². The molecule has 0 aromatic heterocycles. The summed E-state index contributed by atoms with van der Waals surface area (Å²) < 4.78 is 5.62. The van der Waals surface area contributed by atoms with E-state index < -0.39 is 17.6 Å². The van der Waals surface area contributed by atoms with Gasteiger partial charge < -0.3 is 10.5 Å². The molecule has 0 atom stereocenters. The van der Waals surface area contributed by atoms with Gasteiger partial charge in [0.2, 0.25) is 5.91 Å². The third kappa shape index (κ3) is 3.89. The molecule has 2 N–H and O–H groups in total. The molecule has 0 unspecified atom stereocenters. The Morgan fingerprint density at radius 3 is 1.88 bits per heavy atom. The Hall–Kier alpha value is -3.86. The minimum atomic E-state index is -0.639. The first-order valence-corrected chi connectivity index (χ1v) is 10.5. The molecule has 162 valence electrons. The van der Waals surface area contributed by atoms with Crippen molar-refractivity contribution in [3.63, 3.8) is 0 Å². The van der Waals surface area contributed by atoms with E-state index in [1.807, 2.05) is 87.5 Å². The fraction of sp³-hybridized carbons (Fsp3) is 0.185. The Labute approximate surface area is 187 Å². The summed E-state index contributed by atoms with van der Waals surface area (Å²) in [5, 5.41) is 3.77. The smallest absolute Gasteiger partial charge is 0.414 e. The fourth-order valence-electron chi connectivity index (χ4n) is 3.98. The van der Waals surface area contributed by atoms with Crippen molar-refractivity contribution in [3.8, 4) is 11.1 Å². The maximum absolute atomic E-state index is 13.0. The number of amides is 2. The predicted octanol–water partition coefficient (Wildman–Crippen LogP) is 6.13. The van der Waals surface area contributed by atoms with E-state index in [4.69, 9.17) is 10.5 Å². The Kier molecular flexibility index (Phi) is 5.35. The summed E-state index contributed by atoms with van der Waals surface area (Å²) in [7, 11) is 1.68. The molecule has 0 saturated carbocycles. The summed E-state index contributed by atoms with van der Waals surface area (Å²) >= 11 is 0. The Bertz CT molecular complexity index is 1350. The van der Waals surface area contributed by atoms with Crippen LogP contribution in [0.4, 0.5) is 10.5 Å². The highest BCUT2D eigenvalue weighted by Gasteiger charge is 2.26. The third-order valence-corrected chi connectivity index (χ3v) is 5.38. The summed E-state index contributed by atoms with van der Waals surface area (Å²) in [4.78, 5) is 27.0. The second kappa shape index (κ2) is 8.00. The number of anilines is 1. The molecule has 5 nitrogen and oxygen atoms in total. The lowest BCUT2D eigenvalue weighted by molar-refractivity contribution is 0.0589. The molecular weight excluding hydrogens is 400 g/mol. The monoisotopic (exact) mass is 426 g/mol. The molecule has 4 aromatic carbocycles. The van der Waals surface area contributed by atoms with Crippen LogP contribution in [0.1, 0.15) is 31.1 Å². The molecule has 0 spiro atoms. The lowest BCUT2D eigenvalue weighted by atomic mass is 9.88. The van der Waals surface area contributed by atoms with Crippen LogP contribution >= 0.6 is 0 Å². The Balaban J connectivity index is 2.09. The quantitative estimate of drug-likeness (QED) is 0.428. The standard InChI is InChI=1S/C27H26N2O3/c1-27(2,3)32-26(31)29(4)22-16-14-18-10-6-8-12-20(18)24(22)23-19-11-7-5-9-17(19)13-15-21(23)25(28)30/h5-16H,1-4H3,(H2,28,30). The average Bonchev–Trinajstić information content (AvgIpc) is 2.75. The van der Waals surface area contributed by atoms with Crippen molar-refractivity contribution < 1.29 is 14.3 Å². The van der Waals surface area contributed by atoms with Gasteiger partial charge in [-0.3, -0.25) is 9.69 Å². The van der Waals surface area contributed by atoms with E-state index in [-0.39, 0.29) is 0 Å². The van der Waals surface area contributed by atoms with Gasteiger partial charge in [-0.1, -0.05) is 60.7 Å². The zero-order valence-corrected chi connectivity index (χ0v) is 18.7. The van der Waals surface area contributed by atoms with Crippen molar-refractivity contribution in [1.29, 1.82) is 0 Å². The van der Waals surface area contributed by atoms with E-state index >= 15 is 0 Å². The molecule has 0 saturated heterocycles. The molecule has 4 rings (SSSR count). The van der Waals surface area contributed by atoms with E-state index in [2.05, 4.69) is 0 Å². The van der Waals surface area contributed by atoms with Gasteiger partial charge in [0.25, 0.3) is 0 Å². The molecule has 0 aliphatic carbocycles. The lowest BCUT2D eigenvalue weighted by Crippen LogP contribution is -2.34. The molecule has 0 aliphatic heterocycles. The van der Waals surface area contributed by atoms with E-state index in [0.717, 1.165) is 27.1 Å². The fourth-order valence-corrected chi connectivity index (χ4v) is 3.98. The maximum atomic E-state index is 13.0. The molecule has 0 aliphatic rings. The van der Waals surface area contributed by atoms with Crippen LogP contribution in [0.15, 0.2) is 72.8 Å². The van der Waals surface area contributed by atoms with E-state index in [9.17, 15) is 9.59 Å². The van der Waals surface area contributed by atoms with Gasteiger partial charge in [-0.25, -0.2) is 4.79 Å². The van der Waals surface area contributed by atoms with Crippen molar-refractivity contribution in [2.24, 2.45) is 5.73 Å². The van der Waals surface area contributed by atoms with E-state index in [1.165, 1.54) is 4.90 Å². The highest BCUT2D eigenvalue weighted by molar-refractivity contribution is 6.17.